The van der Waals surface area contributed by atoms with Gasteiger partial charge in [0.25, 0.3) is 11.8 Å². The Bertz CT molecular complexity index is 822. The minimum absolute atomic E-state index is 0.0815. The van der Waals surface area contributed by atoms with E-state index in [1.165, 1.54) is 17.9 Å². The summed E-state index contributed by atoms with van der Waals surface area (Å²) in [6.07, 6.45) is -3.38. The van der Waals surface area contributed by atoms with Gasteiger partial charge in [-0.15, -0.1) is 0 Å². The number of anilines is 1. The summed E-state index contributed by atoms with van der Waals surface area (Å²) < 4.78 is 40.3. The normalized spacial score (nSPS) is 11.7. The van der Waals surface area contributed by atoms with Gasteiger partial charge in [-0.3, -0.25) is 19.0 Å². The molecule has 0 spiro atoms. The van der Waals surface area contributed by atoms with E-state index in [1.807, 2.05) is 13.8 Å². The summed E-state index contributed by atoms with van der Waals surface area (Å²) in [7, 11) is 2.61. The van der Waals surface area contributed by atoms with Crippen molar-refractivity contribution in [3.8, 4) is 0 Å². The first-order chi connectivity index (χ1) is 12.0. The number of amides is 2. The van der Waals surface area contributed by atoms with E-state index in [9.17, 15) is 22.8 Å². The van der Waals surface area contributed by atoms with Gasteiger partial charge >= 0.3 is 6.18 Å². The van der Waals surface area contributed by atoms with Gasteiger partial charge < -0.3 is 10.6 Å². The van der Waals surface area contributed by atoms with Gasteiger partial charge in [0.15, 0.2) is 5.69 Å². The van der Waals surface area contributed by atoms with Crippen LogP contribution in [0.25, 0.3) is 0 Å². The molecule has 0 bridgehead atoms. The topological polar surface area (TPSA) is 93.8 Å². The molecule has 0 aliphatic rings. The summed E-state index contributed by atoms with van der Waals surface area (Å²) in [5.74, 6) is -1.10. The minimum Gasteiger partial charge on any atom is -0.350 e. The molecule has 2 rings (SSSR count). The van der Waals surface area contributed by atoms with Crippen molar-refractivity contribution in [3.05, 3.63) is 29.3 Å². The number of alkyl halides is 3. The van der Waals surface area contributed by atoms with Crippen LogP contribution in [0, 0.1) is 5.92 Å². The maximum atomic E-state index is 12.8. The standard InChI is InChI=1S/C15H19F3N6O2/c1-8(2)6-19-14(26)12-10(7-20-24(12)4)21-13(25)9-5-11(15(16,17)18)23(3)22-9/h5,7-8H,6H2,1-4H3,(H,19,26)(H,21,25). The molecular weight excluding hydrogens is 353 g/mol. The highest BCUT2D eigenvalue weighted by molar-refractivity contribution is 6.07. The van der Waals surface area contributed by atoms with Crippen molar-refractivity contribution in [2.24, 2.45) is 20.0 Å². The molecule has 0 saturated heterocycles. The summed E-state index contributed by atoms with van der Waals surface area (Å²) in [6, 6.07) is 0.643. The zero-order valence-electron chi connectivity index (χ0n) is 14.7. The fourth-order valence-electron chi connectivity index (χ4n) is 2.21. The summed E-state index contributed by atoms with van der Waals surface area (Å²) in [5.41, 5.74) is -1.30. The van der Waals surface area contributed by atoms with Crippen molar-refractivity contribution in [2.45, 2.75) is 20.0 Å². The van der Waals surface area contributed by atoms with Crippen LogP contribution in [0.4, 0.5) is 18.9 Å². The van der Waals surface area contributed by atoms with E-state index in [-0.39, 0.29) is 17.3 Å². The lowest BCUT2D eigenvalue weighted by atomic mass is 10.2. The second-order valence-corrected chi connectivity index (χ2v) is 6.12. The Balaban J connectivity index is 2.22. The van der Waals surface area contributed by atoms with E-state index < -0.39 is 29.4 Å². The second kappa shape index (κ2) is 7.18. The van der Waals surface area contributed by atoms with Crippen molar-refractivity contribution in [2.75, 3.05) is 11.9 Å². The monoisotopic (exact) mass is 372 g/mol. The molecule has 2 heterocycles. The third-order valence-corrected chi connectivity index (χ3v) is 3.48. The number of carbonyl (C=O) groups is 2. The number of hydrogen-bond donors (Lipinski definition) is 2. The van der Waals surface area contributed by atoms with Crippen LogP contribution in [0.3, 0.4) is 0 Å². The molecule has 0 aromatic carbocycles. The minimum atomic E-state index is -4.63. The van der Waals surface area contributed by atoms with Crippen LogP contribution in [0.15, 0.2) is 12.3 Å². The third-order valence-electron chi connectivity index (χ3n) is 3.48. The molecule has 0 saturated carbocycles. The van der Waals surface area contributed by atoms with Crippen molar-refractivity contribution < 1.29 is 22.8 Å². The van der Waals surface area contributed by atoms with Crippen LogP contribution in [0.5, 0.6) is 0 Å². The number of halogens is 3. The number of carbonyl (C=O) groups excluding carboxylic acids is 2. The first-order valence-electron chi connectivity index (χ1n) is 7.73. The Morgan fingerprint density at radius 1 is 1.19 bits per heavy atom. The van der Waals surface area contributed by atoms with Crippen LogP contribution in [-0.2, 0) is 20.3 Å². The molecular formula is C15H19F3N6O2. The number of rotatable bonds is 5. The highest BCUT2D eigenvalue weighted by Crippen LogP contribution is 2.29. The SMILES string of the molecule is CC(C)CNC(=O)c1c(NC(=O)c2cc(C(F)(F)F)n(C)n2)cnn1C. The predicted octanol–water partition coefficient (Wildman–Crippen LogP) is 1.81. The Morgan fingerprint density at radius 3 is 2.38 bits per heavy atom. The van der Waals surface area contributed by atoms with Gasteiger partial charge in [0, 0.05) is 26.7 Å². The van der Waals surface area contributed by atoms with E-state index in [2.05, 4.69) is 20.8 Å². The lowest BCUT2D eigenvalue weighted by molar-refractivity contribution is -0.143. The molecule has 2 aromatic rings. The molecule has 0 fully saturated rings. The van der Waals surface area contributed by atoms with Crippen LogP contribution in [0.1, 0.15) is 40.5 Å². The summed E-state index contributed by atoms with van der Waals surface area (Å²) in [4.78, 5) is 24.5. The second-order valence-electron chi connectivity index (χ2n) is 6.12. The average molecular weight is 372 g/mol. The van der Waals surface area contributed by atoms with E-state index in [0.717, 1.165) is 7.05 Å². The number of nitrogens with zero attached hydrogens (tertiary/aromatic N) is 4. The molecule has 0 aliphatic carbocycles. The molecule has 2 amide bonds. The Morgan fingerprint density at radius 2 is 1.85 bits per heavy atom. The average Bonchev–Trinajstić information content (AvgIpc) is 3.08. The van der Waals surface area contributed by atoms with Crippen molar-refractivity contribution in [3.63, 3.8) is 0 Å². The first kappa shape index (κ1) is 19.5. The van der Waals surface area contributed by atoms with Crippen molar-refractivity contribution in [1.29, 1.82) is 0 Å². The van der Waals surface area contributed by atoms with Crippen molar-refractivity contribution >= 4 is 17.5 Å². The molecule has 0 aliphatic heterocycles. The van der Waals surface area contributed by atoms with Gasteiger partial charge in [-0.2, -0.15) is 23.4 Å². The van der Waals surface area contributed by atoms with Crippen LogP contribution >= 0.6 is 0 Å². The molecule has 11 heteroatoms. The Kier molecular flexibility index (Phi) is 5.38. The van der Waals surface area contributed by atoms with Gasteiger partial charge in [0.2, 0.25) is 0 Å². The zero-order chi connectivity index (χ0) is 19.6. The van der Waals surface area contributed by atoms with Gasteiger partial charge in [-0.25, -0.2) is 0 Å². The smallest absolute Gasteiger partial charge is 0.350 e. The van der Waals surface area contributed by atoms with E-state index in [0.29, 0.717) is 17.3 Å². The molecule has 0 unspecified atom stereocenters. The highest BCUT2D eigenvalue weighted by Gasteiger charge is 2.35. The summed E-state index contributed by atoms with van der Waals surface area (Å²) in [6.45, 7) is 4.27. The van der Waals surface area contributed by atoms with Gasteiger partial charge in [0.1, 0.15) is 11.4 Å². The van der Waals surface area contributed by atoms with E-state index >= 15 is 0 Å². The predicted molar refractivity (Wildman–Crippen MR) is 86.5 cm³/mol. The molecule has 2 aromatic heterocycles. The summed E-state index contributed by atoms with van der Waals surface area (Å²) >= 11 is 0. The Hall–Kier alpha value is -2.85. The van der Waals surface area contributed by atoms with Gasteiger partial charge in [-0.05, 0) is 5.92 Å². The number of nitrogens with one attached hydrogen (secondary N) is 2. The molecule has 0 radical (unpaired) electrons. The van der Waals surface area contributed by atoms with Gasteiger partial charge in [0.05, 0.1) is 11.9 Å². The lowest BCUT2D eigenvalue weighted by Gasteiger charge is -2.10. The largest absolute Gasteiger partial charge is 0.433 e. The highest BCUT2D eigenvalue weighted by atomic mass is 19.4. The molecule has 8 nitrogen and oxygen atoms in total. The van der Waals surface area contributed by atoms with Crippen LogP contribution in [-0.4, -0.2) is 37.9 Å². The number of aryl methyl sites for hydroxylation is 2. The fourth-order valence-corrected chi connectivity index (χ4v) is 2.21. The zero-order valence-corrected chi connectivity index (χ0v) is 14.7. The number of hydrogen-bond acceptors (Lipinski definition) is 4. The molecule has 142 valence electrons. The maximum absolute atomic E-state index is 12.8. The molecule has 0 atom stereocenters. The summed E-state index contributed by atoms with van der Waals surface area (Å²) in [5, 5.41) is 12.6. The Labute approximate surface area is 147 Å². The van der Waals surface area contributed by atoms with Gasteiger partial charge in [-0.1, -0.05) is 13.8 Å². The first-order valence-corrected chi connectivity index (χ1v) is 7.73. The van der Waals surface area contributed by atoms with E-state index in [4.69, 9.17) is 0 Å². The quantitative estimate of drug-likeness (QED) is 0.837. The fraction of sp³-hybridized carbons (Fsp3) is 0.467. The number of aromatic nitrogens is 4. The van der Waals surface area contributed by atoms with E-state index in [1.54, 1.807) is 0 Å². The lowest BCUT2D eigenvalue weighted by Crippen LogP contribution is -2.30. The maximum Gasteiger partial charge on any atom is 0.433 e. The van der Waals surface area contributed by atoms with Crippen LogP contribution in [0.2, 0.25) is 0 Å². The third kappa shape index (κ3) is 4.21. The van der Waals surface area contributed by atoms with Crippen LogP contribution < -0.4 is 10.6 Å². The molecule has 2 N–H and O–H groups in total. The van der Waals surface area contributed by atoms with Crippen molar-refractivity contribution in [1.82, 2.24) is 24.9 Å². The molecule has 26 heavy (non-hydrogen) atoms.